The number of benzene rings is 1. The quantitative estimate of drug-likeness (QED) is 0.606. The van der Waals surface area contributed by atoms with Gasteiger partial charge in [0, 0.05) is 18.7 Å². The van der Waals surface area contributed by atoms with Crippen molar-refractivity contribution < 1.29 is 14.3 Å². The zero-order valence-corrected chi connectivity index (χ0v) is 12.2. The highest BCUT2D eigenvalue weighted by molar-refractivity contribution is 5.85. The molecule has 0 spiro atoms. The first-order valence-corrected chi connectivity index (χ1v) is 7.00. The SMILES string of the molecule is N#CCOc1ccccc1/C=N/NC(=O)CN1CCOCC1. The van der Waals surface area contributed by atoms with Crippen molar-refractivity contribution in [2.45, 2.75) is 0 Å². The molecule has 0 unspecified atom stereocenters. The summed E-state index contributed by atoms with van der Waals surface area (Å²) in [7, 11) is 0. The molecule has 1 aliphatic rings. The molecule has 1 heterocycles. The first-order valence-electron chi connectivity index (χ1n) is 7.00. The van der Waals surface area contributed by atoms with Crippen LogP contribution in [-0.2, 0) is 9.53 Å². The van der Waals surface area contributed by atoms with E-state index in [0.717, 1.165) is 13.1 Å². The Morgan fingerprint density at radius 3 is 3.00 bits per heavy atom. The molecule has 116 valence electrons. The van der Waals surface area contributed by atoms with E-state index in [2.05, 4.69) is 10.5 Å². The van der Waals surface area contributed by atoms with Gasteiger partial charge in [0.1, 0.15) is 11.8 Å². The van der Waals surface area contributed by atoms with E-state index in [1.54, 1.807) is 18.2 Å². The largest absolute Gasteiger partial charge is 0.478 e. The van der Waals surface area contributed by atoms with E-state index in [-0.39, 0.29) is 12.5 Å². The summed E-state index contributed by atoms with van der Waals surface area (Å²) in [6.45, 7) is 3.08. The third-order valence-electron chi connectivity index (χ3n) is 3.08. The van der Waals surface area contributed by atoms with Crippen LogP contribution in [-0.4, -0.2) is 56.5 Å². The van der Waals surface area contributed by atoms with Gasteiger partial charge in [0.2, 0.25) is 0 Å². The third kappa shape index (κ3) is 5.16. The summed E-state index contributed by atoms with van der Waals surface area (Å²) in [5, 5.41) is 12.5. The lowest BCUT2D eigenvalue weighted by atomic mass is 10.2. The van der Waals surface area contributed by atoms with Crippen molar-refractivity contribution in [1.29, 1.82) is 5.26 Å². The van der Waals surface area contributed by atoms with Gasteiger partial charge >= 0.3 is 0 Å². The highest BCUT2D eigenvalue weighted by Crippen LogP contribution is 2.15. The van der Waals surface area contributed by atoms with Crippen LogP contribution < -0.4 is 10.2 Å². The van der Waals surface area contributed by atoms with Gasteiger partial charge in [0.15, 0.2) is 6.61 Å². The minimum Gasteiger partial charge on any atom is -0.478 e. The van der Waals surface area contributed by atoms with E-state index in [4.69, 9.17) is 14.7 Å². The monoisotopic (exact) mass is 302 g/mol. The number of amides is 1. The van der Waals surface area contributed by atoms with Crippen molar-refractivity contribution in [3.05, 3.63) is 29.8 Å². The van der Waals surface area contributed by atoms with Crippen LogP contribution in [0.25, 0.3) is 0 Å². The Kier molecular flexibility index (Phi) is 6.36. The smallest absolute Gasteiger partial charge is 0.254 e. The lowest BCUT2D eigenvalue weighted by molar-refractivity contribution is -0.123. The number of nitriles is 1. The van der Waals surface area contributed by atoms with Crippen LogP contribution in [0.3, 0.4) is 0 Å². The van der Waals surface area contributed by atoms with Crippen LogP contribution in [0.15, 0.2) is 29.4 Å². The van der Waals surface area contributed by atoms with E-state index in [1.807, 2.05) is 17.0 Å². The molecule has 22 heavy (non-hydrogen) atoms. The lowest BCUT2D eigenvalue weighted by Crippen LogP contribution is -2.42. The van der Waals surface area contributed by atoms with Crippen LogP contribution in [0.5, 0.6) is 5.75 Å². The number of rotatable bonds is 6. The molecule has 0 saturated carbocycles. The number of ether oxygens (including phenoxy) is 2. The van der Waals surface area contributed by atoms with Gasteiger partial charge < -0.3 is 9.47 Å². The zero-order valence-electron chi connectivity index (χ0n) is 12.2. The molecule has 7 nitrogen and oxygen atoms in total. The van der Waals surface area contributed by atoms with Gasteiger partial charge in [0.05, 0.1) is 26.0 Å². The van der Waals surface area contributed by atoms with Gasteiger partial charge in [-0.05, 0) is 12.1 Å². The molecule has 7 heteroatoms. The molecule has 1 aliphatic heterocycles. The van der Waals surface area contributed by atoms with E-state index in [1.165, 1.54) is 6.21 Å². The van der Waals surface area contributed by atoms with Crippen molar-refractivity contribution in [2.75, 3.05) is 39.5 Å². The van der Waals surface area contributed by atoms with Crippen LogP contribution in [0.4, 0.5) is 0 Å². The lowest BCUT2D eigenvalue weighted by Gasteiger charge is -2.25. The first-order chi connectivity index (χ1) is 10.8. The molecule has 0 aliphatic carbocycles. The molecule has 1 fully saturated rings. The predicted octanol–water partition coefficient (Wildman–Crippen LogP) is 0.371. The Morgan fingerprint density at radius 2 is 2.23 bits per heavy atom. The number of para-hydroxylation sites is 1. The number of nitrogens with zero attached hydrogens (tertiary/aromatic N) is 3. The van der Waals surface area contributed by atoms with Crippen LogP contribution in [0.2, 0.25) is 0 Å². The molecule has 1 aromatic carbocycles. The molecular formula is C15H18N4O3. The molecule has 1 N–H and O–H groups in total. The molecular weight excluding hydrogens is 284 g/mol. The molecule has 0 bridgehead atoms. The van der Waals surface area contributed by atoms with Crippen molar-refractivity contribution in [1.82, 2.24) is 10.3 Å². The number of nitrogens with one attached hydrogen (secondary N) is 1. The van der Waals surface area contributed by atoms with Gasteiger partial charge in [-0.2, -0.15) is 10.4 Å². The molecule has 0 atom stereocenters. The van der Waals surface area contributed by atoms with Crippen molar-refractivity contribution in [3.8, 4) is 11.8 Å². The fraction of sp³-hybridized carbons (Fsp3) is 0.400. The van der Waals surface area contributed by atoms with Crippen LogP contribution in [0.1, 0.15) is 5.56 Å². The molecule has 0 aromatic heterocycles. The number of hydrazone groups is 1. The van der Waals surface area contributed by atoms with Gasteiger partial charge in [0.25, 0.3) is 5.91 Å². The molecule has 1 saturated heterocycles. The fourth-order valence-electron chi connectivity index (χ4n) is 2.00. The van der Waals surface area contributed by atoms with Gasteiger partial charge in [-0.25, -0.2) is 5.43 Å². The van der Waals surface area contributed by atoms with Crippen LogP contribution >= 0.6 is 0 Å². The molecule has 1 amide bonds. The van der Waals surface area contributed by atoms with Gasteiger partial charge in [-0.3, -0.25) is 9.69 Å². The summed E-state index contributed by atoms with van der Waals surface area (Å²) >= 11 is 0. The molecule has 1 aromatic rings. The molecule has 2 rings (SSSR count). The van der Waals surface area contributed by atoms with Gasteiger partial charge in [-0.15, -0.1) is 0 Å². The Hall–Kier alpha value is -2.43. The van der Waals surface area contributed by atoms with Crippen molar-refractivity contribution >= 4 is 12.1 Å². The zero-order chi connectivity index (χ0) is 15.6. The summed E-state index contributed by atoms with van der Waals surface area (Å²) in [6, 6.07) is 9.09. The number of hydrogen-bond donors (Lipinski definition) is 1. The minimum absolute atomic E-state index is 0.0335. The second-order valence-corrected chi connectivity index (χ2v) is 4.67. The first kappa shape index (κ1) is 15.9. The highest BCUT2D eigenvalue weighted by Gasteiger charge is 2.13. The van der Waals surface area contributed by atoms with E-state index in [9.17, 15) is 4.79 Å². The maximum Gasteiger partial charge on any atom is 0.254 e. The van der Waals surface area contributed by atoms with E-state index in [0.29, 0.717) is 31.1 Å². The topological polar surface area (TPSA) is 86.9 Å². The average Bonchev–Trinajstić information content (AvgIpc) is 2.55. The summed E-state index contributed by atoms with van der Waals surface area (Å²) in [5.74, 6) is 0.379. The van der Waals surface area contributed by atoms with Crippen molar-refractivity contribution in [3.63, 3.8) is 0 Å². The highest BCUT2D eigenvalue weighted by atomic mass is 16.5. The Labute approximate surface area is 129 Å². The van der Waals surface area contributed by atoms with E-state index < -0.39 is 0 Å². The average molecular weight is 302 g/mol. The predicted molar refractivity (Wildman–Crippen MR) is 80.5 cm³/mol. The third-order valence-corrected chi connectivity index (χ3v) is 3.08. The number of carbonyl (C=O) groups excluding carboxylic acids is 1. The van der Waals surface area contributed by atoms with E-state index >= 15 is 0 Å². The summed E-state index contributed by atoms with van der Waals surface area (Å²) in [5.41, 5.74) is 3.19. The fourth-order valence-corrected chi connectivity index (χ4v) is 2.00. The van der Waals surface area contributed by atoms with Gasteiger partial charge in [-0.1, -0.05) is 12.1 Å². The Balaban J connectivity index is 1.84. The maximum absolute atomic E-state index is 11.8. The summed E-state index contributed by atoms with van der Waals surface area (Å²) < 4.78 is 10.5. The summed E-state index contributed by atoms with van der Waals surface area (Å²) in [4.78, 5) is 13.8. The number of hydrogen-bond acceptors (Lipinski definition) is 6. The number of carbonyl (C=O) groups is 1. The standard InChI is InChI=1S/C15H18N4O3/c16-5-8-22-14-4-2-1-3-13(14)11-17-18-15(20)12-19-6-9-21-10-7-19/h1-4,11H,6-10,12H2,(H,18,20)/b17-11+. The Bertz CT molecular complexity index is 562. The minimum atomic E-state index is -0.173. The molecule has 0 radical (unpaired) electrons. The van der Waals surface area contributed by atoms with Crippen molar-refractivity contribution in [2.24, 2.45) is 5.10 Å². The Morgan fingerprint density at radius 1 is 1.45 bits per heavy atom. The van der Waals surface area contributed by atoms with Crippen LogP contribution in [0, 0.1) is 11.3 Å². The second kappa shape index (κ2) is 8.77. The summed E-state index contributed by atoms with van der Waals surface area (Å²) in [6.07, 6.45) is 1.50. The maximum atomic E-state index is 11.8. The number of morpholine rings is 1. The normalized spacial score (nSPS) is 15.4. The second-order valence-electron chi connectivity index (χ2n) is 4.67.